The Morgan fingerprint density at radius 1 is 1.53 bits per heavy atom. The molecule has 4 N–H and O–H groups in total. The Hall–Kier alpha value is -2.05. The van der Waals surface area contributed by atoms with Gasteiger partial charge in [0, 0.05) is 6.42 Å². The Balaban J connectivity index is 2.54. The fraction of sp³-hybridized carbons (Fsp3) is 0.375. The molecule has 0 bridgehead atoms. The molecule has 1 aliphatic heterocycles. The van der Waals surface area contributed by atoms with E-state index in [0.29, 0.717) is 0 Å². The number of nitrogens with one attached hydrogen (secondary N) is 2. The maximum atomic E-state index is 11.3. The first-order valence-corrected chi connectivity index (χ1v) is 4.26. The lowest BCUT2D eigenvalue weighted by atomic mass is 10.3. The lowest BCUT2D eigenvalue weighted by Gasteiger charge is -2.16. The summed E-state index contributed by atoms with van der Waals surface area (Å²) in [6, 6.07) is 0. The molecule has 0 saturated heterocycles. The predicted molar refractivity (Wildman–Crippen MR) is 48.7 cm³/mol. The number of hydrazine groups is 1. The molecule has 0 saturated carbocycles. The van der Waals surface area contributed by atoms with Crippen molar-refractivity contribution in [3.05, 3.63) is 11.8 Å². The number of esters is 1. The maximum absolute atomic E-state index is 11.3. The molecule has 7 heteroatoms. The summed E-state index contributed by atoms with van der Waals surface area (Å²) in [6.07, 6.45) is 0.454. The van der Waals surface area contributed by atoms with Crippen molar-refractivity contribution < 1.29 is 19.1 Å². The summed E-state index contributed by atoms with van der Waals surface area (Å²) in [4.78, 5) is 32.6. The Morgan fingerprint density at radius 3 is 2.67 bits per heavy atom. The number of hydrogen-bond donors (Lipinski definition) is 3. The van der Waals surface area contributed by atoms with Gasteiger partial charge in [0.05, 0.1) is 0 Å². The minimum atomic E-state index is -1.00. The molecule has 1 heterocycles. The second-order valence-corrected chi connectivity index (χ2v) is 2.95. The quantitative estimate of drug-likeness (QED) is 0.484. The largest absolute Gasteiger partial charge is 0.448 e. The van der Waals surface area contributed by atoms with E-state index >= 15 is 0 Å². The second kappa shape index (κ2) is 4.45. The zero-order valence-electron chi connectivity index (χ0n) is 8.07. The Kier molecular flexibility index (Phi) is 3.27. The lowest BCUT2D eigenvalue weighted by Crippen LogP contribution is -2.43. The van der Waals surface area contributed by atoms with Gasteiger partial charge in [-0.1, -0.05) is 0 Å². The van der Waals surface area contributed by atoms with Crippen LogP contribution in [-0.4, -0.2) is 23.9 Å². The molecule has 82 valence electrons. The van der Waals surface area contributed by atoms with Crippen LogP contribution in [0.3, 0.4) is 0 Å². The van der Waals surface area contributed by atoms with E-state index in [4.69, 9.17) is 10.5 Å². The summed E-state index contributed by atoms with van der Waals surface area (Å²) < 4.78 is 4.69. The number of ether oxygens (including phenoxy) is 1. The van der Waals surface area contributed by atoms with Crippen molar-refractivity contribution in [2.75, 3.05) is 0 Å². The van der Waals surface area contributed by atoms with Crippen molar-refractivity contribution in [2.45, 2.75) is 19.4 Å². The zero-order valence-corrected chi connectivity index (χ0v) is 8.07. The Morgan fingerprint density at radius 2 is 2.20 bits per heavy atom. The number of primary amides is 1. The summed E-state index contributed by atoms with van der Waals surface area (Å²) in [5.74, 6) is -1.72. The molecule has 0 spiro atoms. The van der Waals surface area contributed by atoms with Crippen molar-refractivity contribution in [3.63, 3.8) is 0 Å². The molecular weight excluding hydrogens is 202 g/mol. The molecule has 1 atom stereocenters. The van der Waals surface area contributed by atoms with Crippen LogP contribution in [0.2, 0.25) is 0 Å². The molecule has 2 amide bonds. The van der Waals surface area contributed by atoms with Crippen molar-refractivity contribution in [1.29, 1.82) is 0 Å². The Bertz CT molecular complexity index is 337. The van der Waals surface area contributed by atoms with Crippen LogP contribution in [0.1, 0.15) is 13.3 Å². The summed E-state index contributed by atoms with van der Waals surface area (Å²) in [5.41, 5.74) is 9.58. The van der Waals surface area contributed by atoms with Crippen LogP contribution >= 0.6 is 0 Å². The van der Waals surface area contributed by atoms with E-state index in [0.717, 1.165) is 0 Å². The van der Waals surface area contributed by atoms with E-state index in [-0.39, 0.29) is 18.0 Å². The van der Waals surface area contributed by atoms with Crippen LogP contribution in [0.4, 0.5) is 0 Å². The molecule has 1 aliphatic rings. The summed E-state index contributed by atoms with van der Waals surface area (Å²) in [7, 11) is 0. The van der Waals surface area contributed by atoms with Gasteiger partial charge in [-0.15, -0.1) is 0 Å². The molecule has 0 aromatic rings. The molecule has 1 rings (SSSR count). The molecular formula is C8H11N3O4. The highest BCUT2D eigenvalue weighted by Gasteiger charge is 2.20. The molecule has 0 fully saturated rings. The standard InChI is InChI=1S/C8H11N3O4/c1-4(7(9)13)15-8(14)5-2-3-6(12)11-10-5/h2,4,10H,3H2,1H3,(H2,9,13)(H,11,12)/t4-/m0/s1. The predicted octanol–water partition coefficient (Wildman–Crippen LogP) is -1.69. The minimum Gasteiger partial charge on any atom is -0.448 e. The van der Waals surface area contributed by atoms with Gasteiger partial charge < -0.3 is 10.5 Å². The van der Waals surface area contributed by atoms with E-state index in [1.54, 1.807) is 0 Å². The van der Waals surface area contributed by atoms with Gasteiger partial charge in [-0.05, 0) is 13.0 Å². The monoisotopic (exact) mass is 213 g/mol. The van der Waals surface area contributed by atoms with Crippen molar-refractivity contribution >= 4 is 17.8 Å². The number of nitrogens with two attached hydrogens (primary N) is 1. The number of hydrogen-bond acceptors (Lipinski definition) is 5. The Labute approximate surface area is 85.6 Å². The maximum Gasteiger partial charge on any atom is 0.356 e. The highest BCUT2D eigenvalue weighted by atomic mass is 16.5. The topological polar surface area (TPSA) is 111 Å². The van der Waals surface area contributed by atoms with Gasteiger partial charge >= 0.3 is 5.97 Å². The third kappa shape index (κ3) is 2.97. The zero-order chi connectivity index (χ0) is 11.4. The van der Waals surface area contributed by atoms with Crippen molar-refractivity contribution in [2.24, 2.45) is 5.73 Å². The van der Waals surface area contributed by atoms with Gasteiger partial charge in [0.2, 0.25) is 5.91 Å². The van der Waals surface area contributed by atoms with Gasteiger partial charge in [0.1, 0.15) is 5.70 Å². The van der Waals surface area contributed by atoms with Gasteiger partial charge in [0.15, 0.2) is 6.10 Å². The minimum absolute atomic E-state index is 0.0857. The molecule has 15 heavy (non-hydrogen) atoms. The molecule has 0 aromatic carbocycles. The van der Waals surface area contributed by atoms with Crippen molar-refractivity contribution in [3.8, 4) is 0 Å². The van der Waals surface area contributed by atoms with E-state index in [9.17, 15) is 14.4 Å². The summed E-state index contributed by atoms with van der Waals surface area (Å²) >= 11 is 0. The lowest BCUT2D eigenvalue weighted by molar-refractivity contribution is -0.150. The number of carbonyl (C=O) groups excluding carboxylic acids is 3. The molecule has 0 aromatic heterocycles. The number of carbonyl (C=O) groups is 3. The number of amides is 2. The van der Waals surface area contributed by atoms with E-state index in [2.05, 4.69) is 10.9 Å². The average molecular weight is 213 g/mol. The van der Waals surface area contributed by atoms with Crippen molar-refractivity contribution in [1.82, 2.24) is 10.9 Å². The van der Waals surface area contributed by atoms with Crippen LogP contribution in [0.25, 0.3) is 0 Å². The van der Waals surface area contributed by atoms with E-state index in [1.165, 1.54) is 13.0 Å². The number of rotatable bonds is 3. The average Bonchev–Trinajstić information content (AvgIpc) is 2.18. The molecule has 0 aliphatic carbocycles. The van der Waals surface area contributed by atoms with Gasteiger partial charge in [0.25, 0.3) is 5.91 Å². The summed E-state index contributed by atoms with van der Waals surface area (Å²) in [5, 5.41) is 0. The molecule has 0 radical (unpaired) electrons. The normalized spacial score (nSPS) is 16.9. The van der Waals surface area contributed by atoms with Gasteiger partial charge in [-0.2, -0.15) is 0 Å². The van der Waals surface area contributed by atoms with E-state index < -0.39 is 18.0 Å². The van der Waals surface area contributed by atoms with Crippen LogP contribution in [-0.2, 0) is 19.1 Å². The fourth-order valence-electron chi connectivity index (χ4n) is 0.850. The van der Waals surface area contributed by atoms with Crippen LogP contribution < -0.4 is 16.6 Å². The van der Waals surface area contributed by atoms with Crippen LogP contribution in [0.15, 0.2) is 11.8 Å². The fourth-order valence-corrected chi connectivity index (χ4v) is 0.850. The highest BCUT2D eigenvalue weighted by Crippen LogP contribution is 2.02. The SMILES string of the molecule is C[C@H](OC(=O)C1=CCC(=O)NN1)C(N)=O. The molecule has 0 unspecified atom stereocenters. The second-order valence-electron chi connectivity index (χ2n) is 2.95. The first-order valence-electron chi connectivity index (χ1n) is 4.26. The van der Waals surface area contributed by atoms with Gasteiger partial charge in [-0.3, -0.25) is 20.4 Å². The smallest absolute Gasteiger partial charge is 0.356 e. The third-order valence-electron chi connectivity index (χ3n) is 1.73. The first-order chi connectivity index (χ1) is 7.00. The third-order valence-corrected chi connectivity index (χ3v) is 1.73. The molecule has 7 nitrogen and oxygen atoms in total. The first kappa shape index (κ1) is 11.0. The highest BCUT2D eigenvalue weighted by molar-refractivity contribution is 5.93. The van der Waals surface area contributed by atoms with Crippen LogP contribution in [0, 0.1) is 0 Å². The summed E-state index contributed by atoms with van der Waals surface area (Å²) in [6.45, 7) is 1.36. The van der Waals surface area contributed by atoms with E-state index in [1.807, 2.05) is 0 Å². The van der Waals surface area contributed by atoms with Gasteiger partial charge in [-0.25, -0.2) is 4.79 Å². The van der Waals surface area contributed by atoms with Crippen LogP contribution in [0.5, 0.6) is 0 Å².